The van der Waals surface area contributed by atoms with E-state index in [0.29, 0.717) is 0 Å². The minimum atomic E-state index is -0.171. The Morgan fingerprint density at radius 1 is 0.564 bits per heavy atom. The minimum Gasteiger partial charge on any atom is -0.455 e. The van der Waals surface area contributed by atoms with Crippen molar-refractivity contribution in [3.63, 3.8) is 0 Å². The van der Waals surface area contributed by atoms with Gasteiger partial charge < -0.3 is 9.32 Å². The van der Waals surface area contributed by atoms with Gasteiger partial charge in [0.2, 0.25) is 0 Å². The van der Waals surface area contributed by atoms with E-state index in [4.69, 9.17) is 4.42 Å². The molecule has 0 fully saturated rings. The van der Waals surface area contributed by atoms with Gasteiger partial charge in [0.25, 0.3) is 0 Å². The molecule has 0 saturated heterocycles. The highest BCUT2D eigenvalue weighted by Crippen LogP contribution is 2.55. The van der Waals surface area contributed by atoms with Crippen molar-refractivity contribution in [1.82, 2.24) is 0 Å². The number of nitrogens with zero attached hydrogens (tertiary/aromatic N) is 1. The predicted octanol–water partition coefficient (Wildman–Crippen LogP) is 14.6. The normalized spacial score (nSPS) is 14.7. The summed E-state index contributed by atoms with van der Waals surface area (Å²) in [4.78, 5) is 2.43. The van der Waals surface area contributed by atoms with Gasteiger partial charge in [-0.25, -0.2) is 0 Å². The van der Waals surface area contributed by atoms with Crippen molar-refractivity contribution in [2.45, 2.75) is 45.4 Å². The monoisotopic (exact) mass is 709 g/mol. The fraction of sp³-hybridized carbons (Fsp3) is 0.132. The van der Waals surface area contributed by atoms with Crippen LogP contribution in [0.1, 0.15) is 66.6 Å². The van der Waals surface area contributed by atoms with Crippen LogP contribution in [0.15, 0.2) is 169 Å². The van der Waals surface area contributed by atoms with E-state index >= 15 is 0 Å². The molecule has 2 aliphatic carbocycles. The summed E-state index contributed by atoms with van der Waals surface area (Å²) in [6.45, 7) is 15.6. The first-order valence-corrected chi connectivity index (χ1v) is 19.3. The SMILES string of the molecule is C=C/C=C(/c1ccc(N(c2ccc3c(c2)-c2c(ccc4c2oc2ccccc24)C3(C)C)c2ccc3c(c2)C(C)(C)c2ccccc2-3)cc1)c1ccccc1C. The first-order chi connectivity index (χ1) is 26.7. The van der Waals surface area contributed by atoms with E-state index in [1.807, 2.05) is 6.08 Å². The zero-order valence-electron chi connectivity index (χ0n) is 32.1. The number of allylic oxidation sites excluding steroid dienone is 2. The second-order valence-corrected chi connectivity index (χ2v) is 16.2. The molecule has 2 heteroatoms. The van der Waals surface area contributed by atoms with Gasteiger partial charge in [-0.15, -0.1) is 0 Å². The Labute approximate surface area is 323 Å². The lowest BCUT2D eigenvalue weighted by Crippen LogP contribution is -2.17. The molecular weight excluding hydrogens is 667 g/mol. The Hall–Kier alpha value is -6.38. The first-order valence-electron chi connectivity index (χ1n) is 19.3. The summed E-state index contributed by atoms with van der Waals surface area (Å²) in [5, 5.41) is 2.31. The smallest absolute Gasteiger partial charge is 0.143 e. The summed E-state index contributed by atoms with van der Waals surface area (Å²) < 4.78 is 6.69. The number of hydrogen-bond donors (Lipinski definition) is 0. The van der Waals surface area contributed by atoms with Crippen LogP contribution in [-0.4, -0.2) is 0 Å². The largest absolute Gasteiger partial charge is 0.455 e. The average molecular weight is 710 g/mol. The molecule has 0 radical (unpaired) electrons. The lowest BCUT2D eigenvalue weighted by Gasteiger charge is -2.29. The Morgan fingerprint density at radius 2 is 1.20 bits per heavy atom. The van der Waals surface area contributed by atoms with Crippen molar-refractivity contribution in [3.05, 3.63) is 203 Å². The van der Waals surface area contributed by atoms with Crippen LogP contribution in [0.4, 0.5) is 17.1 Å². The van der Waals surface area contributed by atoms with Gasteiger partial charge in [0, 0.05) is 44.2 Å². The maximum absolute atomic E-state index is 6.69. The zero-order chi connectivity index (χ0) is 37.6. The van der Waals surface area contributed by atoms with Crippen LogP contribution in [0.5, 0.6) is 0 Å². The summed E-state index contributed by atoms with van der Waals surface area (Å²) in [5.41, 5.74) is 20.1. The minimum absolute atomic E-state index is 0.122. The van der Waals surface area contributed by atoms with Crippen LogP contribution in [-0.2, 0) is 10.8 Å². The summed E-state index contributed by atoms with van der Waals surface area (Å²) in [6, 6.07) is 53.5. The van der Waals surface area contributed by atoms with Crippen LogP contribution >= 0.6 is 0 Å². The van der Waals surface area contributed by atoms with Crippen molar-refractivity contribution in [1.29, 1.82) is 0 Å². The highest BCUT2D eigenvalue weighted by Gasteiger charge is 2.39. The van der Waals surface area contributed by atoms with E-state index in [1.54, 1.807) is 0 Å². The molecule has 0 bridgehead atoms. The van der Waals surface area contributed by atoms with E-state index < -0.39 is 0 Å². The molecule has 266 valence electrons. The van der Waals surface area contributed by atoms with Crippen molar-refractivity contribution in [2.24, 2.45) is 0 Å². The number of hydrogen-bond acceptors (Lipinski definition) is 2. The Kier molecular flexibility index (Phi) is 7.28. The van der Waals surface area contributed by atoms with Gasteiger partial charge in [0.05, 0.1) is 0 Å². The lowest BCUT2D eigenvalue weighted by molar-refractivity contribution is 0.653. The number of furan rings is 1. The molecule has 0 aliphatic heterocycles. The van der Waals surface area contributed by atoms with Gasteiger partial charge in [-0.1, -0.05) is 150 Å². The molecular formula is C53H43NO. The number of para-hydroxylation sites is 1. The third kappa shape index (κ3) is 4.87. The third-order valence-electron chi connectivity index (χ3n) is 12.4. The van der Waals surface area contributed by atoms with E-state index in [1.165, 1.54) is 55.6 Å². The second-order valence-electron chi connectivity index (χ2n) is 16.2. The van der Waals surface area contributed by atoms with Gasteiger partial charge in [0.15, 0.2) is 0 Å². The second kappa shape index (κ2) is 12.1. The first kappa shape index (κ1) is 33.2. The quantitative estimate of drug-likeness (QED) is 0.160. The summed E-state index contributed by atoms with van der Waals surface area (Å²) in [5.74, 6) is 0. The molecule has 10 rings (SSSR count). The molecule has 0 N–H and O–H groups in total. The van der Waals surface area contributed by atoms with Crippen molar-refractivity contribution < 1.29 is 4.42 Å². The Balaban J connectivity index is 1.17. The highest BCUT2D eigenvalue weighted by molar-refractivity contribution is 6.12. The topological polar surface area (TPSA) is 16.4 Å². The summed E-state index contributed by atoms with van der Waals surface area (Å²) >= 11 is 0. The molecule has 0 unspecified atom stereocenters. The van der Waals surface area contributed by atoms with E-state index in [0.717, 1.165) is 50.1 Å². The molecule has 2 aliphatic rings. The van der Waals surface area contributed by atoms with E-state index in [9.17, 15) is 0 Å². The Bertz CT molecular complexity index is 2900. The molecule has 1 aromatic heterocycles. The standard InChI is InChI=1S/C53H43NO/c1-7-14-39(38-16-9-8-15-33(38)2)34-21-23-35(24-22-34)54(37-25-27-41-40-17-10-12-19-45(40)53(5,6)48(41)32-37)36-26-29-46-44(31-36)50-47(52(46,3)4)30-28-43-42-18-11-13-20-49(42)55-51(43)50/h7-32H,1H2,2-6H3/b39-14-. The van der Waals surface area contributed by atoms with Gasteiger partial charge in [0.1, 0.15) is 11.2 Å². The molecule has 8 aromatic rings. The molecule has 2 nitrogen and oxygen atoms in total. The number of rotatable bonds is 6. The Morgan fingerprint density at radius 3 is 2.02 bits per heavy atom. The van der Waals surface area contributed by atoms with Gasteiger partial charge in [-0.05, 0) is 111 Å². The van der Waals surface area contributed by atoms with Gasteiger partial charge in [-0.3, -0.25) is 0 Å². The van der Waals surface area contributed by atoms with E-state index in [-0.39, 0.29) is 10.8 Å². The number of aryl methyl sites for hydroxylation is 1. The van der Waals surface area contributed by atoms with Crippen LogP contribution in [0.25, 0.3) is 49.8 Å². The van der Waals surface area contributed by atoms with Crippen LogP contribution in [0, 0.1) is 6.92 Å². The number of fused-ring (bicyclic) bond motifs is 10. The molecule has 55 heavy (non-hydrogen) atoms. The van der Waals surface area contributed by atoms with Crippen molar-refractivity contribution >= 4 is 44.6 Å². The molecule has 1 heterocycles. The predicted molar refractivity (Wildman–Crippen MR) is 232 cm³/mol. The number of anilines is 3. The molecule has 0 atom stereocenters. The van der Waals surface area contributed by atoms with E-state index in [2.05, 4.69) is 198 Å². The molecule has 0 saturated carbocycles. The molecule has 0 spiro atoms. The van der Waals surface area contributed by atoms with Crippen LogP contribution < -0.4 is 4.90 Å². The summed E-state index contributed by atoms with van der Waals surface area (Å²) in [7, 11) is 0. The third-order valence-corrected chi connectivity index (χ3v) is 12.4. The van der Waals surface area contributed by atoms with Crippen LogP contribution in [0.2, 0.25) is 0 Å². The highest BCUT2D eigenvalue weighted by atomic mass is 16.3. The fourth-order valence-electron chi connectivity index (χ4n) is 9.55. The average Bonchev–Trinajstić information content (AvgIpc) is 3.77. The molecule has 7 aromatic carbocycles. The van der Waals surface area contributed by atoms with Crippen molar-refractivity contribution in [3.8, 4) is 22.3 Å². The fourth-order valence-corrected chi connectivity index (χ4v) is 9.55. The zero-order valence-corrected chi connectivity index (χ0v) is 32.1. The van der Waals surface area contributed by atoms with Crippen LogP contribution in [0.3, 0.4) is 0 Å². The molecule has 0 amide bonds. The van der Waals surface area contributed by atoms with Crippen molar-refractivity contribution in [2.75, 3.05) is 4.90 Å². The van der Waals surface area contributed by atoms with Gasteiger partial charge >= 0.3 is 0 Å². The van der Waals surface area contributed by atoms with Gasteiger partial charge in [-0.2, -0.15) is 0 Å². The maximum Gasteiger partial charge on any atom is 0.143 e. The summed E-state index contributed by atoms with van der Waals surface area (Å²) in [6.07, 6.45) is 4.00. The number of benzene rings is 7. The lowest BCUT2D eigenvalue weighted by atomic mass is 9.82. The maximum atomic E-state index is 6.69.